The summed E-state index contributed by atoms with van der Waals surface area (Å²) >= 11 is 0. The Labute approximate surface area is 139 Å². The van der Waals surface area contributed by atoms with Crippen LogP contribution in [0.25, 0.3) is 0 Å². The fourth-order valence-corrected chi connectivity index (χ4v) is 4.44. The van der Waals surface area contributed by atoms with E-state index in [4.69, 9.17) is 9.05 Å². The van der Waals surface area contributed by atoms with Crippen molar-refractivity contribution in [3.63, 3.8) is 0 Å². The van der Waals surface area contributed by atoms with Crippen molar-refractivity contribution in [1.82, 2.24) is 0 Å². The zero-order valence-corrected chi connectivity index (χ0v) is 14.7. The van der Waals surface area contributed by atoms with Gasteiger partial charge in [-0.25, -0.2) is 0 Å². The number of benzene rings is 2. The summed E-state index contributed by atoms with van der Waals surface area (Å²) in [6.45, 7) is 4.49. The summed E-state index contributed by atoms with van der Waals surface area (Å²) < 4.78 is 23.6. The third-order valence-corrected chi connectivity index (χ3v) is 5.86. The summed E-state index contributed by atoms with van der Waals surface area (Å²) in [7, 11) is -3.01. The van der Waals surface area contributed by atoms with Crippen molar-refractivity contribution < 1.29 is 13.6 Å². The van der Waals surface area contributed by atoms with Crippen molar-refractivity contribution in [3.8, 4) is 0 Å². The zero-order chi connectivity index (χ0) is 16.5. The highest BCUT2D eigenvalue weighted by Gasteiger charge is 2.26. The van der Waals surface area contributed by atoms with E-state index < -0.39 is 7.60 Å². The van der Waals surface area contributed by atoms with Gasteiger partial charge in [-0.2, -0.15) is 0 Å². The summed E-state index contributed by atoms with van der Waals surface area (Å²) in [6.07, 6.45) is 1.15. The van der Waals surface area contributed by atoms with Crippen LogP contribution in [0.5, 0.6) is 0 Å². The van der Waals surface area contributed by atoms with Gasteiger partial charge in [0.2, 0.25) is 0 Å². The van der Waals surface area contributed by atoms with E-state index in [9.17, 15) is 4.57 Å². The summed E-state index contributed by atoms with van der Waals surface area (Å²) in [5.74, 6) is 0.187. The van der Waals surface area contributed by atoms with Gasteiger partial charge < -0.3 is 9.05 Å². The standard InChI is InChI=1S/C19H25O3P/c1-3-21-23(20,22-4-2)16-15-19(17-11-7-5-8-12-17)18-13-9-6-10-14-18/h5-14,19H,3-4,15-16H2,1-2H3. The van der Waals surface area contributed by atoms with Crippen LogP contribution in [-0.2, 0) is 13.6 Å². The molecule has 2 aromatic rings. The smallest absolute Gasteiger partial charge is 0.309 e. The van der Waals surface area contributed by atoms with Crippen LogP contribution in [0.15, 0.2) is 60.7 Å². The maximum atomic E-state index is 12.7. The molecule has 0 spiro atoms. The van der Waals surface area contributed by atoms with Crippen LogP contribution in [-0.4, -0.2) is 19.4 Å². The summed E-state index contributed by atoms with van der Waals surface area (Å²) in [4.78, 5) is 0. The quantitative estimate of drug-likeness (QED) is 0.571. The first-order valence-electron chi connectivity index (χ1n) is 8.16. The topological polar surface area (TPSA) is 35.5 Å². The molecule has 0 heterocycles. The van der Waals surface area contributed by atoms with E-state index in [2.05, 4.69) is 24.3 Å². The molecule has 0 aliphatic carbocycles. The lowest BCUT2D eigenvalue weighted by atomic mass is 9.89. The largest absolute Gasteiger partial charge is 0.330 e. The second kappa shape index (κ2) is 9.02. The highest BCUT2D eigenvalue weighted by Crippen LogP contribution is 2.50. The average Bonchev–Trinajstić information content (AvgIpc) is 2.57. The predicted molar refractivity (Wildman–Crippen MR) is 95.1 cm³/mol. The third kappa shape index (κ3) is 5.31. The van der Waals surface area contributed by atoms with Crippen molar-refractivity contribution in [1.29, 1.82) is 0 Å². The molecule has 0 N–H and O–H groups in total. The molecule has 0 aromatic heterocycles. The van der Waals surface area contributed by atoms with E-state index in [1.807, 2.05) is 50.2 Å². The number of rotatable bonds is 9. The monoisotopic (exact) mass is 332 g/mol. The fraction of sp³-hybridized carbons (Fsp3) is 0.368. The molecule has 0 saturated carbocycles. The Kier molecular flexibility index (Phi) is 7.04. The van der Waals surface area contributed by atoms with Gasteiger partial charge in [-0.05, 0) is 31.4 Å². The molecule has 124 valence electrons. The van der Waals surface area contributed by atoms with Gasteiger partial charge in [0.1, 0.15) is 0 Å². The van der Waals surface area contributed by atoms with Crippen molar-refractivity contribution in [2.24, 2.45) is 0 Å². The van der Waals surface area contributed by atoms with E-state index in [0.717, 1.165) is 6.42 Å². The lowest BCUT2D eigenvalue weighted by Gasteiger charge is -2.22. The van der Waals surface area contributed by atoms with Gasteiger partial charge in [-0.15, -0.1) is 0 Å². The van der Waals surface area contributed by atoms with Crippen molar-refractivity contribution in [3.05, 3.63) is 71.8 Å². The Morgan fingerprint density at radius 1 is 0.826 bits per heavy atom. The van der Waals surface area contributed by atoms with Crippen LogP contribution in [0.1, 0.15) is 37.3 Å². The van der Waals surface area contributed by atoms with E-state index in [1.165, 1.54) is 11.1 Å². The molecule has 0 unspecified atom stereocenters. The van der Waals surface area contributed by atoms with Crippen molar-refractivity contribution in [2.75, 3.05) is 19.4 Å². The van der Waals surface area contributed by atoms with E-state index in [0.29, 0.717) is 19.4 Å². The Morgan fingerprint density at radius 2 is 1.26 bits per heavy atom. The van der Waals surface area contributed by atoms with Gasteiger partial charge in [-0.1, -0.05) is 60.7 Å². The minimum atomic E-state index is -3.01. The molecule has 0 aliphatic rings. The first-order chi connectivity index (χ1) is 11.2. The molecule has 0 fully saturated rings. The Bertz CT molecular complexity index is 564. The first-order valence-corrected chi connectivity index (χ1v) is 9.89. The highest BCUT2D eigenvalue weighted by atomic mass is 31.2. The number of hydrogen-bond donors (Lipinski definition) is 0. The van der Waals surface area contributed by atoms with Crippen LogP contribution >= 0.6 is 7.60 Å². The Balaban J connectivity index is 2.20. The Hall–Kier alpha value is -1.41. The summed E-state index contributed by atoms with van der Waals surface area (Å²) in [6, 6.07) is 20.6. The molecule has 0 saturated heterocycles. The molecule has 0 radical (unpaired) electrons. The molecule has 0 bridgehead atoms. The maximum absolute atomic E-state index is 12.7. The molecule has 2 aromatic carbocycles. The molecule has 3 nitrogen and oxygen atoms in total. The molecule has 23 heavy (non-hydrogen) atoms. The van der Waals surface area contributed by atoms with Crippen molar-refractivity contribution in [2.45, 2.75) is 26.2 Å². The molecule has 4 heteroatoms. The second-order valence-corrected chi connectivity index (χ2v) is 7.52. The number of hydrogen-bond acceptors (Lipinski definition) is 3. The van der Waals surface area contributed by atoms with Crippen molar-refractivity contribution >= 4 is 7.60 Å². The van der Waals surface area contributed by atoms with Crippen LogP contribution in [0, 0.1) is 0 Å². The SMILES string of the molecule is CCOP(=O)(CCC(c1ccccc1)c1ccccc1)OCC. The summed E-state index contributed by atoms with van der Waals surface area (Å²) in [5.41, 5.74) is 2.44. The molecule has 0 atom stereocenters. The lowest BCUT2D eigenvalue weighted by Crippen LogP contribution is -2.07. The lowest BCUT2D eigenvalue weighted by molar-refractivity contribution is 0.219. The Morgan fingerprint density at radius 3 is 1.65 bits per heavy atom. The van der Waals surface area contributed by atoms with E-state index in [1.54, 1.807) is 0 Å². The average molecular weight is 332 g/mol. The van der Waals surface area contributed by atoms with E-state index >= 15 is 0 Å². The minimum Gasteiger partial charge on any atom is -0.309 e. The first kappa shape index (κ1) is 17.9. The second-order valence-electron chi connectivity index (χ2n) is 5.33. The third-order valence-electron chi connectivity index (χ3n) is 3.75. The van der Waals surface area contributed by atoms with Gasteiger partial charge in [0.05, 0.1) is 19.4 Å². The van der Waals surface area contributed by atoms with Crippen LogP contribution in [0.3, 0.4) is 0 Å². The fourth-order valence-electron chi connectivity index (χ4n) is 2.74. The van der Waals surface area contributed by atoms with Gasteiger partial charge in [0.25, 0.3) is 0 Å². The molecule has 0 amide bonds. The van der Waals surface area contributed by atoms with Gasteiger partial charge >= 0.3 is 7.60 Å². The van der Waals surface area contributed by atoms with Crippen LogP contribution in [0.4, 0.5) is 0 Å². The molecular weight excluding hydrogens is 307 g/mol. The molecule has 0 aliphatic heterocycles. The predicted octanol–water partition coefficient (Wildman–Crippen LogP) is 5.47. The van der Waals surface area contributed by atoms with Gasteiger partial charge in [0, 0.05) is 5.92 Å². The van der Waals surface area contributed by atoms with Gasteiger partial charge in [-0.3, -0.25) is 4.57 Å². The normalized spacial score (nSPS) is 11.8. The minimum absolute atomic E-state index is 0.187. The maximum Gasteiger partial charge on any atom is 0.330 e. The zero-order valence-electron chi connectivity index (χ0n) is 13.9. The van der Waals surface area contributed by atoms with Gasteiger partial charge in [0.15, 0.2) is 0 Å². The summed E-state index contributed by atoms with van der Waals surface area (Å²) in [5, 5.41) is 0. The van der Waals surface area contributed by atoms with E-state index in [-0.39, 0.29) is 5.92 Å². The highest BCUT2D eigenvalue weighted by molar-refractivity contribution is 7.53. The molecule has 2 rings (SSSR count). The molecular formula is C19H25O3P. The van der Waals surface area contributed by atoms with Crippen LogP contribution < -0.4 is 0 Å². The van der Waals surface area contributed by atoms with Crippen LogP contribution in [0.2, 0.25) is 0 Å².